The van der Waals surface area contributed by atoms with Crippen LogP contribution in [0.1, 0.15) is 19.4 Å². The number of hydrogen-bond acceptors (Lipinski definition) is 2. The van der Waals surface area contributed by atoms with Gasteiger partial charge in [0.2, 0.25) is 0 Å². The average Bonchev–Trinajstić information content (AvgIpc) is 2.27. The molecular formula is C13H15FO3. The third-order valence-electron chi connectivity index (χ3n) is 2.51. The highest BCUT2D eigenvalue weighted by Gasteiger charge is 2.30. The number of carboxylic acid groups (broad SMARTS) is 1. The minimum atomic E-state index is -1.47. The molecule has 0 aromatic heterocycles. The summed E-state index contributed by atoms with van der Waals surface area (Å²) < 4.78 is 12.7. The van der Waals surface area contributed by atoms with Gasteiger partial charge in [0.05, 0.1) is 0 Å². The maximum absolute atomic E-state index is 12.7. The number of aliphatic hydroxyl groups is 1. The SMILES string of the molecule is CC(C)(/C=C/c1ccc(F)cc1)C(O)C(=O)O. The van der Waals surface area contributed by atoms with Crippen molar-refractivity contribution >= 4 is 12.0 Å². The van der Waals surface area contributed by atoms with Crippen LogP contribution in [0, 0.1) is 11.2 Å². The normalized spacial score (nSPS) is 13.9. The lowest BCUT2D eigenvalue weighted by Crippen LogP contribution is -2.34. The summed E-state index contributed by atoms with van der Waals surface area (Å²) in [5, 5.41) is 18.2. The van der Waals surface area contributed by atoms with Crippen LogP contribution in [0.15, 0.2) is 30.3 Å². The fourth-order valence-corrected chi connectivity index (χ4v) is 1.29. The highest BCUT2D eigenvalue weighted by atomic mass is 19.1. The Kier molecular flexibility index (Phi) is 4.02. The molecule has 0 saturated carbocycles. The molecule has 0 saturated heterocycles. The van der Waals surface area contributed by atoms with Gasteiger partial charge in [0, 0.05) is 5.41 Å². The third-order valence-corrected chi connectivity index (χ3v) is 2.51. The van der Waals surface area contributed by atoms with Gasteiger partial charge in [0.15, 0.2) is 6.10 Å². The molecule has 1 atom stereocenters. The highest BCUT2D eigenvalue weighted by molar-refractivity contribution is 5.73. The lowest BCUT2D eigenvalue weighted by Gasteiger charge is -2.23. The number of carboxylic acids is 1. The molecule has 0 aliphatic carbocycles. The summed E-state index contributed by atoms with van der Waals surface area (Å²) in [5.41, 5.74) is -0.141. The Bertz CT molecular complexity index is 421. The second-order valence-electron chi connectivity index (χ2n) is 4.45. The number of rotatable bonds is 4. The van der Waals surface area contributed by atoms with E-state index in [0.29, 0.717) is 0 Å². The molecule has 0 radical (unpaired) electrons. The van der Waals surface area contributed by atoms with Gasteiger partial charge in [-0.3, -0.25) is 0 Å². The minimum absolute atomic E-state index is 0.327. The fraction of sp³-hybridized carbons (Fsp3) is 0.308. The van der Waals surface area contributed by atoms with E-state index in [1.54, 1.807) is 38.1 Å². The lowest BCUT2D eigenvalue weighted by atomic mass is 9.85. The van der Waals surface area contributed by atoms with Crippen molar-refractivity contribution in [3.05, 3.63) is 41.7 Å². The Morgan fingerprint density at radius 1 is 1.35 bits per heavy atom. The molecule has 0 amide bonds. The molecule has 3 nitrogen and oxygen atoms in total. The highest BCUT2D eigenvalue weighted by Crippen LogP contribution is 2.24. The maximum Gasteiger partial charge on any atom is 0.333 e. The molecule has 0 aliphatic rings. The van der Waals surface area contributed by atoms with Gasteiger partial charge < -0.3 is 10.2 Å². The Morgan fingerprint density at radius 2 is 1.88 bits per heavy atom. The largest absolute Gasteiger partial charge is 0.479 e. The topological polar surface area (TPSA) is 57.5 Å². The molecule has 1 unspecified atom stereocenters. The summed E-state index contributed by atoms with van der Waals surface area (Å²) in [7, 11) is 0. The third kappa shape index (κ3) is 3.67. The Hall–Kier alpha value is -1.68. The van der Waals surface area contributed by atoms with Gasteiger partial charge in [-0.2, -0.15) is 0 Å². The molecule has 0 aliphatic heterocycles. The summed E-state index contributed by atoms with van der Waals surface area (Å²) in [6.07, 6.45) is 1.78. The molecule has 1 aromatic carbocycles. The minimum Gasteiger partial charge on any atom is -0.479 e. The van der Waals surface area contributed by atoms with Gasteiger partial charge in [-0.1, -0.05) is 38.1 Å². The van der Waals surface area contributed by atoms with Crippen LogP contribution in [-0.2, 0) is 4.79 Å². The molecule has 1 aromatic rings. The van der Waals surface area contributed by atoms with Crippen LogP contribution in [0.2, 0.25) is 0 Å². The van der Waals surface area contributed by atoms with Crippen LogP contribution in [0.3, 0.4) is 0 Å². The van der Waals surface area contributed by atoms with Crippen LogP contribution >= 0.6 is 0 Å². The standard InChI is InChI=1S/C13H15FO3/c1-13(2,11(15)12(16)17)8-7-9-3-5-10(14)6-4-9/h3-8,11,15H,1-2H3,(H,16,17)/b8-7+. The van der Waals surface area contributed by atoms with E-state index in [9.17, 15) is 14.3 Å². The van der Waals surface area contributed by atoms with Crippen molar-refractivity contribution in [3.8, 4) is 0 Å². The number of halogens is 1. The summed E-state index contributed by atoms with van der Waals surface area (Å²) in [6, 6.07) is 5.80. The van der Waals surface area contributed by atoms with Crippen molar-refractivity contribution in [3.63, 3.8) is 0 Å². The van der Waals surface area contributed by atoms with E-state index < -0.39 is 17.5 Å². The second-order valence-corrected chi connectivity index (χ2v) is 4.45. The summed E-state index contributed by atoms with van der Waals surface area (Å²) in [4.78, 5) is 10.7. The summed E-state index contributed by atoms with van der Waals surface area (Å²) in [6.45, 7) is 3.23. The number of carbonyl (C=O) groups is 1. The van der Waals surface area contributed by atoms with E-state index in [-0.39, 0.29) is 5.82 Å². The van der Waals surface area contributed by atoms with Crippen molar-refractivity contribution in [2.24, 2.45) is 5.41 Å². The number of hydrogen-bond donors (Lipinski definition) is 2. The van der Waals surface area contributed by atoms with Gasteiger partial charge >= 0.3 is 5.97 Å². The first-order valence-corrected chi connectivity index (χ1v) is 5.18. The average molecular weight is 238 g/mol. The van der Waals surface area contributed by atoms with Crippen molar-refractivity contribution in [1.29, 1.82) is 0 Å². The Labute approximate surface area is 99.2 Å². The summed E-state index contributed by atoms with van der Waals surface area (Å²) >= 11 is 0. The van der Waals surface area contributed by atoms with Gasteiger partial charge in [-0.25, -0.2) is 9.18 Å². The van der Waals surface area contributed by atoms with E-state index in [4.69, 9.17) is 5.11 Å². The zero-order chi connectivity index (χ0) is 13.1. The van der Waals surface area contributed by atoms with Crippen LogP contribution in [0.4, 0.5) is 4.39 Å². The zero-order valence-electron chi connectivity index (χ0n) is 9.72. The lowest BCUT2D eigenvalue weighted by molar-refractivity contribution is -0.151. The summed E-state index contributed by atoms with van der Waals surface area (Å²) in [5.74, 6) is -1.59. The molecule has 0 bridgehead atoms. The Balaban J connectivity index is 2.83. The van der Waals surface area contributed by atoms with Crippen LogP contribution < -0.4 is 0 Å². The Morgan fingerprint density at radius 3 is 2.35 bits per heavy atom. The van der Waals surface area contributed by atoms with Crippen molar-refractivity contribution in [1.82, 2.24) is 0 Å². The fourth-order valence-electron chi connectivity index (χ4n) is 1.29. The monoisotopic (exact) mass is 238 g/mol. The molecule has 0 fully saturated rings. The van der Waals surface area contributed by atoms with Gasteiger partial charge in [-0.05, 0) is 17.7 Å². The molecule has 1 rings (SSSR count). The predicted octanol–water partition coefficient (Wildman–Crippen LogP) is 2.31. The zero-order valence-corrected chi connectivity index (χ0v) is 9.72. The van der Waals surface area contributed by atoms with Crippen LogP contribution in [0.5, 0.6) is 0 Å². The number of aliphatic hydroxyl groups excluding tert-OH is 1. The number of aliphatic carboxylic acids is 1. The molecule has 0 spiro atoms. The van der Waals surface area contributed by atoms with Crippen molar-refractivity contribution < 1.29 is 19.4 Å². The molecular weight excluding hydrogens is 223 g/mol. The van der Waals surface area contributed by atoms with E-state index >= 15 is 0 Å². The first kappa shape index (κ1) is 13.4. The van der Waals surface area contributed by atoms with E-state index in [1.165, 1.54) is 12.1 Å². The van der Waals surface area contributed by atoms with Gasteiger partial charge in [0.25, 0.3) is 0 Å². The van der Waals surface area contributed by atoms with Gasteiger partial charge in [0.1, 0.15) is 5.82 Å². The van der Waals surface area contributed by atoms with Crippen molar-refractivity contribution in [2.45, 2.75) is 20.0 Å². The molecule has 92 valence electrons. The quantitative estimate of drug-likeness (QED) is 0.846. The van der Waals surface area contributed by atoms with E-state index in [0.717, 1.165) is 5.56 Å². The van der Waals surface area contributed by atoms with Crippen molar-refractivity contribution in [2.75, 3.05) is 0 Å². The molecule has 2 N–H and O–H groups in total. The molecule has 17 heavy (non-hydrogen) atoms. The smallest absolute Gasteiger partial charge is 0.333 e. The maximum atomic E-state index is 12.7. The first-order chi connectivity index (χ1) is 7.83. The van der Waals surface area contributed by atoms with E-state index in [2.05, 4.69) is 0 Å². The number of benzene rings is 1. The van der Waals surface area contributed by atoms with E-state index in [1.807, 2.05) is 0 Å². The second kappa shape index (κ2) is 5.10. The molecule has 0 heterocycles. The van der Waals surface area contributed by atoms with Crippen LogP contribution in [-0.4, -0.2) is 22.3 Å². The predicted molar refractivity (Wildman–Crippen MR) is 62.9 cm³/mol. The van der Waals surface area contributed by atoms with Gasteiger partial charge in [-0.15, -0.1) is 0 Å². The molecule has 4 heteroatoms. The first-order valence-electron chi connectivity index (χ1n) is 5.18. The van der Waals surface area contributed by atoms with Crippen LogP contribution in [0.25, 0.3) is 6.08 Å².